The monoisotopic (exact) mass is 266 g/mol. The summed E-state index contributed by atoms with van der Waals surface area (Å²) in [5, 5.41) is 9.15. The van der Waals surface area contributed by atoms with E-state index in [1.54, 1.807) is 18.2 Å². The number of carboxylic acid groups (broad SMARTS) is 1. The van der Waals surface area contributed by atoms with Gasteiger partial charge in [0.05, 0.1) is 20.6 Å². The van der Waals surface area contributed by atoms with E-state index in [2.05, 4.69) is 0 Å². The van der Waals surface area contributed by atoms with E-state index in [0.717, 1.165) is 0 Å². The van der Waals surface area contributed by atoms with Crippen LogP contribution in [0.5, 0.6) is 11.5 Å². The summed E-state index contributed by atoms with van der Waals surface area (Å²) in [6.07, 6.45) is -0.990. The number of rotatable bonds is 4. The van der Waals surface area contributed by atoms with Crippen molar-refractivity contribution in [1.29, 1.82) is 0 Å². The van der Waals surface area contributed by atoms with Crippen LogP contribution in [0, 0.1) is 5.92 Å². The SMILES string of the molecule is COc1cccc([C@H]2OC(=O)C[C@@H]2C(=O)O)c1OC. The average molecular weight is 266 g/mol. The topological polar surface area (TPSA) is 82.1 Å². The van der Waals surface area contributed by atoms with Gasteiger partial charge in [-0.15, -0.1) is 0 Å². The summed E-state index contributed by atoms with van der Waals surface area (Å²) in [7, 11) is 2.94. The first-order valence-corrected chi connectivity index (χ1v) is 5.71. The molecule has 6 nitrogen and oxygen atoms in total. The quantitative estimate of drug-likeness (QED) is 0.829. The molecule has 1 saturated heterocycles. The molecule has 0 aliphatic carbocycles. The Morgan fingerprint density at radius 2 is 2.11 bits per heavy atom. The van der Waals surface area contributed by atoms with Crippen molar-refractivity contribution in [2.45, 2.75) is 12.5 Å². The number of carboxylic acids is 1. The molecule has 1 fully saturated rings. The van der Waals surface area contributed by atoms with Gasteiger partial charge in [0, 0.05) is 5.56 Å². The molecule has 0 unspecified atom stereocenters. The number of carbonyl (C=O) groups excluding carboxylic acids is 1. The van der Waals surface area contributed by atoms with E-state index in [1.165, 1.54) is 14.2 Å². The largest absolute Gasteiger partial charge is 0.493 e. The Hall–Kier alpha value is -2.24. The van der Waals surface area contributed by atoms with Gasteiger partial charge in [-0.3, -0.25) is 9.59 Å². The van der Waals surface area contributed by atoms with Crippen LogP contribution < -0.4 is 9.47 Å². The van der Waals surface area contributed by atoms with Gasteiger partial charge in [0.25, 0.3) is 0 Å². The van der Waals surface area contributed by atoms with Crippen molar-refractivity contribution in [3.8, 4) is 11.5 Å². The normalized spacial score (nSPS) is 21.9. The first kappa shape index (κ1) is 13.2. The van der Waals surface area contributed by atoms with Gasteiger partial charge in [-0.1, -0.05) is 12.1 Å². The number of para-hydroxylation sites is 1. The summed E-state index contributed by atoms with van der Waals surface area (Å²) in [6, 6.07) is 5.05. The number of benzene rings is 1. The van der Waals surface area contributed by atoms with E-state index >= 15 is 0 Å². The lowest BCUT2D eigenvalue weighted by Gasteiger charge is -2.19. The standard InChI is InChI=1S/C13H14O6/c1-17-9-5-3-4-7(12(9)18-2)11-8(13(15)16)6-10(14)19-11/h3-5,8,11H,6H2,1-2H3,(H,15,16)/t8-,11+/m0/s1. The van der Waals surface area contributed by atoms with Gasteiger partial charge in [0.2, 0.25) is 0 Å². The van der Waals surface area contributed by atoms with Crippen LogP contribution in [0.3, 0.4) is 0 Å². The van der Waals surface area contributed by atoms with Gasteiger partial charge in [-0.05, 0) is 6.07 Å². The Kier molecular flexibility index (Phi) is 3.59. The third-order valence-corrected chi connectivity index (χ3v) is 3.07. The molecular weight excluding hydrogens is 252 g/mol. The maximum Gasteiger partial charge on any atom is 0.311 e. The second kappa shape index (κ2) is 5.17. The Morgan fingerprint density at radius 3 is 2.68 bits per heavy atom. The van der Waals surface area contributed by atoms with E-state index < -0.39 is 24.0 Å². The highest BCUT2D eigenvalue weighted by molar-refractivity contribution is 5.83. The minimum Gasteiger partial charge on any atom is -0.493 e. The molecule has 1 N–H and O–H groups in total. The first-order chi connectivity index (χ1) is 9.08. The maximum atomic E-state index is 11.3. The highest BCUT2D eigenvalue weighted by Crippen LogP contribution is 2.43. The van der Waals surface area contributed by atoms with Crippen LogP contribution in [-0.2, 0) is 14.3 Å². The number of hydrogen-bond acceptors (Lipinski definition) is 5. The predicted octanol–water partition coefficient (Wildman–Crippen LogP) is 1.39. The summed E-state index contributed by atoms with van der Waals surface area (Å²) in [5.74, 6) is -1.65. The van der Waals surface area contributed by atoms with Crippen LogP contribution in [0.1, 0.15) is 18.1 Å². The van der Waals surface area contributed by atoms with Crippen LogP contribution >= 0.6 is 0 Å². The maximum absolute atomic E-state index is 11.3. The molecule has 0 amide bonds. The summed E-state index contributed by atoms with van der Waals surface area (Å²) in [4.78, 5) is 22.5. The van der Waals surface area contributed by atoms with Crippen molar-refractivity contribution in [2.75, 3.05) is 14.2 Å². The Morgan fingerprint density at radius 1 is 1.37 bits per heavy atom. The number of aliphatic carboxylic acids is 1. The number of ether oxygens (including phenoxy) is 3. The molecule has 0 radical (unpaired) electrons. The zero-order valence-electron chi connectivity index (χ0n) is 10.6. The minimum absolute atomic E-state index is 0.139. The first-order valence-electron chi connectivity index (χ1n) is 5.71. The van der Waals surface area contributed by atoms with Crippen molar-refractivity contribution < 1.29 is 28.9 Å². The number of hydrogen-bond donors (Lipinski definition) is 1. The molecule has 19 heavy (non-hydrogen) atoms. The molecular formula is C13H14O6. The van der Waals surface area contributed by atoms with E-state index in [1.807, 2.05) is 0 Å². The Labute approximate surface area is 109 Å². The highest BCUT2D eigenvalue weighted by atomic mass is 16.6. The number of carbonyl (C=O) groups is 2. The number of cyclic esters (lactones) is 1. The van der Waals surface area contributed by atoms with Crippen molar-refractivity contribution in [3.05, 3.63) is 23.8 Å². The third-order valence-electron chi connectivity index (χ3n) is 3.07. The van der Waals surface area contributed by atoms with Crippen LogP contribution in [0.4, 0.5) is 0 Å². The van der Waals surface area contributed by atoms with E-state index in [9.17, 15) is 9.59 Å². The lowest BCUT2D eigenvalue weighted by atomic mass is 9.94. The fourth-order valence-corrected chi connectivity index (χ4v) is 2.19. The van der Waals surface area contributed by atoms with E-state index in [-0.39, 0.29) is 6.42 Å². The number of methoxy groups -OCH3 is 2. The molecule has 1 heterocycles. The van der Waals surface area contributed by atoms with Crippen molar-refractivity contribution in [3.63, 3.8) is 0 Å². The molecule has 6 heteroatoms. The second-order valence-electron chi connectivity index (χ2n) is 4.14. The van der Waals surface area contributed by atoms with Crippen LogP contribution in [0.2, 0.25) is 0 Å². The Balaban J connectivity index is 2.45. The summed E-state index contributed by atoms with van der Waals surface area (Å²) in [6.45, 7) is 0. The van der Waals surface area contributed by atoms with E-state index in [0.29, 0.717) is 17.1 Å². The summed E-state index contributed by atoms with van der Waals surface area (Å²) < 4.78 is 15.5. The fraction of sp³-hybridized carbons (Fsp3) is 0.385. The molecule has 0 spiro atoms. The fourth-order valence-electron chi connectivity index (χ4n) is 2.19. The van der Waals surface area contributed by atoms with Gasteiger partial charge in [0.1, 0.15) is 12.0 Å². The molecule has 102 valence electrons. The smallest absolute Gasteiger partial charge is 0.311 e. The molecule has 1 aromatic carbocycles. The average Bonchev–Trinajstić information content (AvgIpc) is 2.79. The predicted molar refractivity (Wildman–Crippen MR) is 64.1 cm³/mol. The Bertz CT molecular complexity index is 510. The molecule has 2 atom stereocenters. The number of esters is 1. The third kappa shape index (κ3) is 2.33. The zero-order valence-corrected chi connectivity index (χ0v) is 10.6. The van der Waals surface area contributed by atoms with Gasteiger partial charge >= 0.3 is 11.9 Å². The molecule has 0 saturated carbocycles. The van der Waals surface area contributed by atoms with Gasteiger partial charge in [-0.2, -0.15) is 0 Å². The van der Waals surface area contributed by atoms with Crippen LogP contribution in [-0.4, -0.2) is 31.3 Å². The molecule has 0 bridgehead atoms. The highest BCUT2D eigenvalue weighted by Gasteiger charge is 2.42. The zero-order chi connectivity index (χ0) is 14.0. The van der Waals surface area contributed by atoms with Gasteiger partial charge < -0.3 is 19.3 Å². The molecule has 0 aromatic heterocycles. The minimum atomic E-state index is -1.07. The second-order valence-corrected chi connectivity index (χ2v) is 4.14. The van der Waals surface area contributed by atoms with Crippen LogP contribution in [0.25, 0.3) is 0 Å². The molecule has 1 aromatic rings. The van der Waals surface area contributed by atoms with E-state index in [4.69, 9.17) is 19.3 Å². The van der Waals surface area contributed by atoms with Crippen LogP contribution in [0.15, 0.2) is 18.2 Å². The van der Waals surface area contributed by atoms with Gasteiger partial charge in [0.15, 0.2) is 11.5 Å². The lowest BCUT2D eigenvalue weighted by Crippen LogP contribution is -2.18. The van der Waals surface area contributed by atoms with Crippen molar-refractivity contribution in [1.82, 2.24) is 0 Å². The summed E-state index contributed by atoms with van der Waals surface area (Å²) >= 11 is 0. The molecule has 1 aliphatic rings. The summed E-state index contributed by atoms with van der Waals surface area (Å²) in [5.41, 5.74) is 0.500. The van der Waals surface area contributed by atoms with Gasteiger partial charge in [-0.25, -0.2) is 0 Å². The molecule has 1 aliphatic heterocycles. The van der Waals surface area contributed by atoms with Crippen molar-refractivity contribution in [2.24, 2.45) is 5.92 Å². The lowest BCUT2D eigenvalue weighted by molar-refractivity contribution is -0.144. The molecule has 2 rings (SSSR count). The van der Waals surface area contributed by atoms with Crippen molar-refractivity contribution >= 4 is 11.9 Å².